The molecule has 1 unspecified atom stereocenters. The Labute approximate surface area is 90.2 Å². The molecule has 5 nitrogen and oxygen atoms in total. The van der Waals surface area contributed by atoms with Crippen LogP contribution in [0.2, 0.25) is 0 Å². The molecule has 1 fully saturated rings. The average Bonchev–Trinajstić information content (AvgIpc) is 2.21. The van der Waals surface area contributed by atoms with Crippen molar-refractivity contribution in [2.45, 2.75) is 25.8 Å². The predicted molar refractivity (Wildman–Crippen MR) is 57.1 cm³/mol. The summed E-state index contributed by atoms with van der Waals surface area (Å²) >= 11 is 0. The van der Waals surface area contributed by atoms with Crippen molar-refractivity contribution in [1.82, 2.24) is 9.80 Å². The second kappa shape index (κ2) is 4.18. The van der Waals surface area contributed by atoms with Crippen molar-refractivity contribution in [3.8, 4) is 0 Å². The highest BCUT2D eigenvalue weighted by atomic mass is 16.2. The van der Waals surface area contributed by atoms with Crippen LogP contribution in [-0.4, -0.2) is 53.8 Å². The van der Waals surface area contributed by atoms with Gasteiger partial charge in [-0.15, -0.1) is 0 Å². The van der Waals surface area contributed by atoms with E-state index in [1.165, 1.54) is 0 Å². The maximum Gasteiger partial charge on any atom is 0.242 e. The van der Waals surface area contributed by atoms with Gasteiger partial charge in [0.25, 0.3) is 0 Å². The first-order valence-corrected chi connectivity index (χ1v) is 5.20. The summed E-state index contributed by atoms with van der Waals surface area (Å²) in [5, 5.41) is 0. The summed E-state index contributed by atoms with van der Waals surface area (Å²) in [4.78, 5) is 26.5. The van der Waals surface area contributed by atoms with E-state index in [1.807, 2.05) is 6.92 Å². The average molecular weight is 213 g/mol. The minimum atomic E-state index is -0.851. The largest absolute Gasteiger partial charge is 0.342 e. The molecule has 1 heterocycles. The fourth-order valence-electron chi connectivity index (χ4n) is 1.44. The van der Waals surface area contributed by atoms with Crippen LogP contribution in [0, 0.1) is 0 Å². The van der Waals surface area contributed by atoms with Crippen LogP contribution in [0.5, 0.6) is 0 Å². The third-order valence-electron chi connectivity index (χ3n) is 2.97. The minimum Gasteiger partial charge on any atom is -0.342 e. The fourth-order valence-corrected chi connectivity index (χ4v) is 1.44. The molecule has 1 rings (SSSR count). The SMILES string of the molecule is CCC(C)(N)C(=O)N1CCN(C)C(=O)C1. The molecule has 0 aromatic heterocycles. The van der Waals surface area contributed by atoms with E-state index < -0.39 is 5.54 Å². The molecule has 2 amide bonds. The number of amides is 2. The molecule has 86 valence electrons. The zero-order chi connectivity index (χ0) is 11.6. The highest BCUT2D eigenvalue weighted by molar-refractivity contribution is 5.90. The van der Waals surface area contributed by atoms with Gasteiger partial charge in [-0.25, -0.2) is 0 Å². The molecular formula is C10H19N3O2. The molecule has 5 heteroatoms. The fraction of sp³-hybridized carbons (Fsp3) is 0.800. The quantitative estimate of drug-likeness (QED) is 0.667. The summed E-state index contributed by atoms with van der Waals surface area (Å²) in [6.45, 7) is 4.90. The molecular weight excluding hydrogens is 194 g/mol. The van der Waals surface area contributed by atoms with Crippen molar-refractivity contribution < 1.29 is 9.59 Å². The van der Waals surface area contributed by atoms with Gasteiger partial charge in [-0.05, 0) is 13.3 Å². The molecule has 15 heavy (non-hydrogen) atoms. The van der Waals surface area contributed by atoms with Crippen LogP contribution in [0.15, 0.2) is 0 Å². The van der Waals surface area contributed by atoms with Gasteiger partial charge in [-0.3, -0.25) is 9.59 Å². The van der Waals surface area contributed by atoms with Crippen LogP contribution < -0.4 is 5.73 Å². The lowest BCUT2D eigenvalue weighted by Crippen LogP contribution is -2.59. The van der Waals surface area contributed by atoms with Gasteiger partial charge in [-0.2, -0.15) is 0 Å². The number of carbonyl (C=O) groups excluding carboxylic acids is 2. The Morgan fingerprint density at radius 2 is 2.13 bits per heavy atom. The maximum atomic E-state index is 11.9. The Hall–Kier alpha value is -1.10. The molecule has 0 aromatic rings. The smallest absolute Gasteiger partial charge is 0.242 e. The van der Waals surface area contributed by atoms with Gasteiger partial charge in [0, 0.05) is 20.1 Å². The summed E-state index contributed by atoms with van der Waals surface area (Å²) in [6, 6.07) is 0. The van der Waals surface area contributed by atoms with Crippen molar-refractivity contribution in [1.29, 1.82) is 0 Å². The highest BCUT2D eigenvalue weighted by Crippen LogP contribution is 2.12. The van der Waals surface area contributed by atoms with Crippen molar-refractivity contribution in [2.75, 3.05) is 26.7 Å². The molecule has 0 saturated carbocycles. The molecule has 0 radical (unpaired) electrons. The van der Waals surface area contributed by atoms with Crippen LogP contribution in [0.3, 0.4) is 0 Å². The van der Waals surface area contributed by atoms with Gasteiger partial charge in [0.1, 0.15) is 0 Å². The molecule has 1 aliphatic rings. The van der Waals surface area contributed by atoms with E-state index in [4.69, 9.17) is 5.73 Å². The molecule has 1 saturated heterocycles. The Kier molecular flexibility index (Phi) is 3.34. The molecule has 1 atom stereocenters. The molecule has 0 spiro atoms. The number of nitrogens with two attached hydrogens (primary N) is 1. The van der Waals surface area contributed by atoms with Gasteiger partial charge >= 0.3 is 0 Å². The summed E-state index contributed by atoms with van der Waals surface area (Å²) in [5.74, 6) is -0.159. The topological polar surface area (TPSA) is 66.6 Å². The summed E-state index contributed by atoms with van der Waals surface area (Å²) in [6.07, 6.45) is 0.576. The minimum absolute atomic E-state index is 0.0264. The third-order valence-corrected chi connectivity index (χ3v) is 2.97. The standard InChI is InChI=1S/C10H19N3O2/c1-4-10(2,11)9(15)13-6-5-12(3)8(14)7-13/h4-7,11H2,1-3H3. The molecule has 0 aliphatic carbocycles. The molecule has 0 bridgehead atoms. The second-order valence-corrected chi connectivity index (χ2v) is 4.31. The lowest BCUT2D eigenvalue weighted by molar-refractivity contribution is -0.147. The zero-order valence-electron chi connectivity index (χ0n) is 9.62. The lowest BCUT2D eigenvalue weighted by atomic mass is 9.98. The monoisotopic (exact) mass is 213 g/mol. The number of hydrogen-bond acceptors (Lipinski definition) is 3. The van der Waals surface area contributed by atoms with E-state index in [0.29, 0.717) is 19.5 Å². The van der Waals surface area contributed by atoms with E-state index in [9.17, 15) is 9.59 Å². The Morgan fingerprint density at radius 3 is 2.60 bits per heavy atom. The first-order chi connectivity index (χ1) is 6.88. The first kappa shape index (κ1) is 12.0. The van der Waals surface area contributed by atoms with Gasteiger partial charge < -0.3 is 15.5 Å². The summed E-state index contributed by atoms with van der Waals surface area (Å²) in [7, 11) is 1.74. The molecule has 0 aromatic carbocycles. The summed E-state index contributed by atoms with van der Waals surface area (Å²) in [5.41, 5.74) is 5.00. The van der Waals surface area contributed by atoms with E-state index in [1.54, 1.807) is 23.8 Å². The number of carbonyl (C=O) groups is 2. The molecule has 1 aliphatic heterocycles. The maximum absolute atomic E-state index is 11.9. The van der Waals surface area contributed by atoms with E-state index in [-0.39, 0.29) is 18.4 Å². The van der Waals surface area contributed by atoms with Crippen LogP contribution in [0.1, 0.15) is 20.3 Å². The Bertz CT molecular complexity index is 276. The van der Waals surface area contributed by atoms with E-state index >= 15 is 0 Å². The van der Waals surface area contributed by atoms with Gasteiger partial charge in [0.15, 0.2) is 0 Å². The third kappa shape index (κ3) is 2.47. The van der Waals surface area contributed by atoms with Gasteiger partial charge in [0.05, 0.1) is 12.1 Å². The van der Waals surface area contributed by atoms with Crippen molar-refractivity contribution in [2.24, 2.45) is 5.73 Å². The number of hydrogen-bond donors (Lipinski definition) is 1. The number of rotatable bonds is 2. The summed E-state index contributed by atoms with van der Waals surface area (Å²) < 4.78 is 0. The molecule has 2 N–H and O–H groups in total. The van der Waals surface area contributed by atoms with E-state index in [0.717, 1.165) is 0 Å². The van der Waals surface area contributed by atoms with Gasteiger partial charge in [0.2, 0.25) is 11.8 Å². The van der Waals surface area contributed by atoms with E-state index in [2.05, 4.69) is 0 Å². The zero-order valence-corrected chi connectivity index (χ0v) is 9.62. The second-order valence-electron chi connectivity index (χ2n) is 4.31. The van der Waals surface area contributed by atoms with Crippen LogP contribution >= 0.6 is 0 Å². The van der Waals surface area contributed by atoms with Crippen LogP contribution in [-0.2, 0) is 9.59 Å². The van der Waals surface area contributed by atoms with Crippen molar-refractivity contribution in [3.63, 3.8) is 0 Å². The number of piperazine rings is 1. The van der Waals surface area contributed by atoms with Crippen molar-refractivity contribution >= 4 is 11.8 Å². The Balaban J connectivity index is 2.67. The highest BCUT2D eigenvalue weighted by Gasteiger charge is 2.34. The van der Waals surface area contributed by atoms with Crippen molar-refractivity contribution in [3.05, 3.63) is 0 Å². The Morgan fingerprint density at radius 1 is 1.53 bits per heavy atom. The van der Waals surface area contributed by atoms with Gasteiger partial charge in [-0.1, -0.05) is 6.92 Å². The number of nitrogens with zero attached hydrogens (tertiary/aromatic N) is 2. The number of likely N-dealkylation sites (N-methyl/N-ethyl adjacent to an activating group) is 1. The first-order valence-electron chi connectivity index (χ1n) is 5.20. The lowest BCUT2D eigenvalue weighted by Gasteiger charge is -2.36. The van der Waals surface area contributed by atoms with Crippen LogP contribution in [0.25, 0.3) is 0 Å². The normalized spacial score (nSPS) is 21.5. The van der Waals surface area contributed by atoms with Crippen LogP contribution in [0.4, 0.5) is 0 Å². The predicted octanol–water partition coefficient (Wildman–Crippen LogP) is -0.586.